The number of fused-ring (bicyclic) bond motifs is 1. The predicted octanol–water partition coefficient (Wildman–Crippen LogP) is 2.03. The third-order valence-corrected chi connectivity index (χ3v) is 5.46. The van der Waals surface area contributed by atoms with Crippen LogP contribution in [-0.4, -0.2) is 54.8 Å². The van der Waals surface area contributed by atoms with Crippen LogP contribution >= 0.6 is 0 Å². The van der Waals surface area contributed by atoms with Gasteiger partial charge in [0, 0.05) is 27.2 Å². The molecule has 24 heavy (non-hydrogen) atoms. The molecule has 0 unspecified atom stereocenters. The molecule has 3 rings (SSSR count). The Morgan fingerprint density at radius 2 is 1.79 bits per heavy atom. The Kier molecular flexibility index (Phi) is 4.17. The molecule has 6 heteroatoms. The molecular weight excluding hydrogens is 303 g/mol. The molecule has 0 atom stereocenters. The molecule has 1 saturated heterocycles. The molecule has 130 valence electrons. The first-order chi connectivity index (χ1) is 11.1. The first kappa shape index (κ1) is 17.3. The Bertz CT molecular complexity index is 642. The minimum absolute atomic E-state index is 0.0571. The van der Waals surface area contributed by atoms with Crippen molar-refractivity contribution in [3.05, 3.63) is 29.3 Å². The number of nitrogens with zero attached hydrogens (tertiary/aromatic N) is 2. The van der Waals surface area contributed by atoms with Gasteiger partial charge in [-0.15, -0.1) is 0 Å². The highest BCUT2D eigenvalue weighted by atomic mass is 16.7. The molecule has 2 aliphatic rings. The smallest absolute Gasteiger partial charge is 0.399 e. The Morgan fingerprint density at radius 3 is 2.38 bits per heavy atom. The van der Waals surface area contributed by atoms with Gasteiger partial charge in [0.15, 0.2) is 0 Å². The third-order valence-electron chi connectivity index (χ3n) is 5.46. The molecule has 2 amide bonds. The first-order valence-corrected chi connectivity index (χ1v) is 8.55. The van der Waals surface area contributed by atoms with Crippen molar-refractivity contribution in [2.45, 2.75) is 51.9 Å². The average Bonchev–Trinajstić information content (AvgIpc) is 2.73. The van der Waals surface area contributed by atoms with Gasteiger partial charge in [0.2, 0.25) is 0 Å². The highest BCUT2D eigenvalue weighted by Gasteiger charge is 2.52. The van der Waals surface area contributed by atoms with Crippen LogP contribution in [0.15, 0.2) is 18.2 Å². The summed E-state index contributed by atoms with van der Waals surface area (Å²) in [6.07, 6.45) is 0.829. The fourth-order valence-electron chi connectivity index (χ4n) is 3.28. The van der Waals surface area contributed by atoms with Crippen molar-refractivity contribution >= 4 is 18.6 Å². The second-order valence-corrected chi connectivity index (χ2v) is 7.92. The number of hydrogen-bond acceptors (Lipinski definition) is 3. The molecule has 5 nitrogen and oxygen atoms in total. The molecular formula is C18H27BN2O3. The van der Waals surface area contributed by atoms with Crippen molar-refractivity contribution in [1.29, 1.82) is 0 Å². The Labute approximate surface area is 145 Å². The van der Waals surface area contributed by atoms with Gasteiger partial charge in [-0.05, 0) is 50.7 Å². The van der Waals surface area contributed by atoms with E-state index >= 15 is 0 Å². The Morgan fingerprint density at radius 1 is 1.17 bits per heavy atom. The van der Waals surface area contributed by atoms with E-state index in [2.05, 4.69) is 39.8 Å². The summed E-state index contributed by atoms with van der Waals surface area (Å²) < 4.78 is 12.4. The number of carbonyl (C=O) groups is 1. The van der Waals surface area contributed by atoms with Crippen molar-refractivity contribution in [1.82, 2.24) is 9.80 Å². The number of urea groups is 1. The zero-order valence-corrected chi connectivity index (χ0v) is 15.5. The van der Waals surface area contributed by atoms with Crippen LogP contribution in [0.4, 0.5) is 4.79 Å². The van der Waals surface area contributed by atoms with Gasteiger partial charge in [0.1, 0.15) is 0 Å². The van der Waals surface area contributed by atoms with E-state index in [1.807, 2.05) is 11.0 Å². The first-order valence-electron chi connectivity index (χ1n) is 8.55. The lowest BCUT2D eigenvalue weighted by atomic mass is 9.73. The van der Waals surface area contributed by atoms with Crippen molar-refractivity contribution in [3.8, 4) is 0 Å². The fourth-order valence-corrected chi connectivity index (χ4v) is 3.28. The molecule has 1 fully saturated rings. The quantitative estimate of drug-likeness (QED) is 0.740. The Balaban J connectivity index is 1.87. The molecule has 0 aromatic heterocycles. The summed E-state index contributed by atoms with van der Waals surface area (Å²) in [6, 6.07) is 6.27. The maximum absolute atomic E-state index is 12.2. The predicted molar refractivity (Wildman–Crippen MR) is 95.4 cm³/mol. The van der Waals surface area contributed by atoms with Crippen molar-refractivity contribution in [2.24, 2.45) is 0 Å². The SMILES string of the molecule is CN(C)C(=O)N1CCc2c(cccc2B2OC(C)(C)C(C)(C)O2)C1. The van der Waals surface area contributed by atoms with Crippen LogP contribution in [0.2, 0.25) is 0 Å². The van der Waals surface area contributed by atoms with Gasteiger partial charge in [-0.25, -0.2) is 4.79 Å². The van der Waals surface area contributed by atoms with Crippen LogP contribution < -0.4 is 5.46 Å². The lowest BCUT2D eigenvalue weighted by Gasteiger charge is -2.32. The van der Waals surface area contributed by atoms with Gasteiger partial charge in [-0.1, -0.05) is 18.2 Å². The molecule has 0 saturated carbocycles. The summed E-state index contributed by atoms with van der Waals surface area (Å²) >= 11 is 0. The largest absolute Gasteiger partial charge is 0.495 e. The van der Waals surface area contributed by atoms with Crippen LogP contribution in [0.5, 0.6) is 0 Å². The zero-order chi connectivity index (χ0) is 17.7. The molecule has 0 N–H and O–H groups in total. The average molecular weight is 330 g/mol. The van der Waals surface area contributed by atoms with Crippen molar-refractivity contribution in [3.63, 3.8) is 0 Å². The molecule has 0 bridgehead atoms. The lowest BCUT2D eigenvalue weighted by molar-refractivity contribution is 0.00578. The second-order valence-electron chi connectivity index (χ2n) is 7.92. The van der Waals surface area contributed by atoms with Gasteiger partial charge in [0.25, 0.3) is 0 Å². The number of hydrogen-bond donors (Lipinski definition) is 0. The van der Waals surface area contributed by atoms with E-state index in [0.29, 0.717) is 6.54 Å². The van der Waals surface area contributed by atoms with E-state index in [-0.39, 0.29) is 24.4 Å². The van der Waals surface area contributed by atoms with E-state index in [1.54, 1.807) is 19.0 Å². The molecule has 0 radical (unpaired) electrons. The number of benzene rings is 1. The summed E-state index contributed by atoms with van der Waals surface area (Å²) in [7, 11) is 3.23. The number of carbonyl (C=O) groups excluding carboxylic acids is 1. The summed E-state index contributed by atoms with van der Waals surface area (Å²) in [4.78, 5) is 15.7. The summed E-state index contributed by atoms with van der Waals surface area (Å²) in [5.41, 5.74) is 2.86. The van der Waals surface area contributed by atoms with Crippen LogP contribution in [-0.2, 0) is 22.3 Å². The van der Waals surface area contributed by atoms with E-state index < -0.39 is 0 Å². The van der Waals surface area contributed by atoms with Gasteiger partial charge in [-0.2, -0.15) is 0 Å². The normalized spacial score (nSPS) is 21.6. The minimum Gasteiger partial charge on any atom is -0.399 e. The van der Waals surface area contributed by atoms with E-state index in [9.17, 15) is 4.79 Å². The van der Waals surface area contributed by atoms with E-state index in [0.717, 1.165) is 18.4 Å². The lowest BCUT2D eigenvalue weighted by Crippen LogP contribution is -2.45. The maximum atomic E-state index is 12.2. The molecule has 2 aliphatic heterocycles. The van der Waals surface area contributed by atoms with Gasteiger partial charge < -0.3 is 19.1 Å². The summed E-state index contributed by atoms with van der Waals surface area (Å²) in [5, 5.41) is 0. The minimum atomic E-state index is -0.346. The Hall–Kier alpha value is -1.53. The number of amides is 2. The highest BCUT2D eigenvalue weighted by molar-refractivity contribution is 6.62. The van der Waals surface area contributed by atoms with Crippen LogP contribution in [0.25, 0.3) is 0 Å². The van der Waals surface area contributed by atoms with Crippen LogP contribution in [0, 0.1) is 0 Å². The van der Waals surface area contributed by atoms with Crippen molar-refractivity contribution < 1.29 is 14.1 Å². The van der Waals surface area contributed by atoms with Gasteiger partial charge >= 0.3 is 13.1 Å². The highest BCUT2D eigenvalue weighted by Crippen LogP contribution is 2.37. The molecule has 1 aromatic carbocycles. The zero-order valence-electron chi connectivity index (χ0n) is 15.5. The fraction of sp³-hybridized carbons (Fsp3) is 0.611. The van der Waals surface area contributed by atoms with Crippen LogP contribution in [0.1, 0.15) is 38.8 Å². The molecule has 0 aliphatic carbocycles. The number of rotatable bonds is 1. The topological polar surface area (TPSA) is 42.0 Å². The molecule has 2 heterocycles. The third kappa shape index (κ3) is 2.82. The standard InChI is InChI=1S/C18H27BN2O3/c1-17(2)18(3,4)24-19(23-17)15-9-7-8-13-12-21(11-10-14(13)15)16(22)20(5)6/h7-9H,10-12H2,1-6H3. The van der Waals surface area contributed by atoms with Crippen molar-refractivity contribution in [2.75, 3.05) is 20.6 Å². The van der Waals surface area contributed by atoms with Gasteiger partial charge in [-0.3, -0.25) is 0 Å². The maximum Gasteiger partial charge on any atom is 0.495 e. The summed E-state index contributed by atoms with van der Waals surface area (Å²) in [6.45, 7) is 9.64. The molecule has 1 aromatic rings. The summed E-state index contributed by atoms with van der Waals surface area (Å²) in [5.74, 6) is 0. The van der Waals surface area contributed by atoms with E-state index in [1.165, 1.54) is 11.1 Å². The van der Waals surface area contributed by atoms with Crippen LogP contribution in [0.3, 0.4) is 0 Å². The monoisotopic (exact) mass is 330 g/mol. The molecule has 0 spiro atoms. The van der Waals surface area contributed by atoms with Gasteiger partial charge in [0.05, 0.1) is 11.2 Å². The van der Waals surface area contributed by atoms with E-state index in [4.69, 9.17) is 9.31 Å². The second kappa shape index (κ2) is 5.78.